The molecule has 25 heavy (non-hydrogen) atoms. The molecule has 1 aliphatic rings. The smallest absolute Gasteiger partial charge is 0.251 e. The molecule has 2 heterocycles. The lowest BCUT2D eigenvalue weighted by Gasteiger charge is -2.31. The maximum atomic E-state index is 12.6. The standard InChI is InChI=1S/C20H28N4O/c1-4-23-10-8-19(9-11-23)21-20(25)18-7-5-6-17(13-18)14-24-16(3)12-15(2)22-24/h5-7,12-13,19H,4,8-11,14H2,1-3H3,(H,21,25). The third kappa shape index (κ3) is 4.48. The highest BCUT2D eigenvalue weighted by molar-refractivity contribution is 5.94. The van der Waals surface area contributed by atoms with Crippen LogP contribution >= 0.6 is 0 Å². The van der Waals surface area contributed by atoms with Gasteiger partial charge in [0.05, 0.1) is 12.2 Å². The summed E-state index contributed by atoms with van der Waals surface area (Å²) in [4.78, 5) is 15.0. The van der Waals surface area contributed by atoms with Crippen molar-refractivity contribution < 1.29 is 4.79 Å². The van der Waals surface area contributed by atoms with Crippen molar-refractivity contribution in [3.05, 3.63) is 52.8 Å². The molecular formula is C20H28N4O. The van der Waals surface area contributed by atoms with Gasteiger partial charge in [-0.15, -0.1) is 0 Å². The van der Waals surface area contributed by atoms with E-state index < -0.39 is 0 Å². The van der Waals surface area contributed by atoms with E-state index in [-0.39, 0.29) is 11.9 Å². The number of amides is 1. The molecule has 1 amide bonds. The molecule has 1 saturated heterocycles. The van der Waals surface area contributed by atoms with Crippen LogP contribution in [0.15, 0.2) is 30.3 Å². The van der Waals surface area contributed by atoms with Crippen LogP contribution in [-0.4, -0.2) is 46.3 Å². The number of carbonyl (C=O) groups is 1. The van der Waals surface area contributed by atoms with Crippen LogP contribution in [-0.2, 0) is 6.54 Å². The summed E-state index contributed by atoms with van der Waals surface area (Å²) in [6.45, 7) is 10.2. The maximum absolute atomic E-state index is 12.6. The van der Waals surface area contributed by atoms with E-state index in [1.165, 1.54) is 0 Å². The first kappa shape index (κ1) is 17.7. The van der Waals surface area contributed by atoms with Gasteiger partial charge in [0, 0.05) is 30.4 Å². The number of nitrogens with one attached hydrogen (secondary N) is 1. The summed E-state index contributed by atoms with van der Waals surface area (Å²) in [5.74, 6) is 0.0326. The summed E-state index contributed by atoms with van der Waals surface area (Å²) in [6, 6.07) is 10.2. The van der Waals surface area contributed by atoms with Crippen LogP contribution in [0.2, 0.25) is 0 Å². The fourth-order valence-corrected chi connectivity index (χ4v) is 3.48. The molecule has 1 fully saturated rings. The number of nitrogens with zero attached hydrogens (tertiary/aromatic N) is 3. The number of hydrogen-bond donors (Lipinski definition) is 1. The number of likely N-dealkylation sites (tertiary alicyclic amines) is 1. The first-order chi connectivity index (χ1) is 12.0. The summed E-state index contributed by atoms with van der Waals surface area (Å²) in [6.07, 6.45) is 2.07. The van der Waals surface area contributed by atoms with Gasteiger partial charge in [0.2, 0.25) is 0 Å². The lowest BCUT2D eigenvalue weighted by molar-refractivity contribution is 0.0912. The van der Waals surface area contributed by atoms with Gasteiger partial charge in [0.25, 0.3) is 5.91 Å². The third-order valence-corrected chi connectivity index (χ3v) is 4.99. The SMILES string of the molecule is CCN1CCC(NC(=O)c2cccc(Cn3nc(C)cc3C)c2)CC1. The normalized spacial score (nSPS) is 16.1. The first-order valence-electron chi connectivity index (χ1n) is 9.18. The van der Waals surface area contributed by atoms with Crippen molar-refractivity contribution in [2.24, 2.45) is 0 Å². The molecule has 5 heteroatoms. The van der Waals surface area contributed by atoms with Crippen molar-refractivity contribution in [1.29, 1.82) is 0 Å². The van der Waals surface area contributed by atoms with Gasteiger partial charge in [-0.2, -0.15) is 5.10 Å². The summed E-state index contributed by atoms with van der Waals surface area (Å²) < 4.78 is 1.98. The van der Waals surface area contributed by atoms with Crippen LogP contribution in [0.4, 0.5) is 0 Å². The average molecular weight is 340 g/mol. The number of carbonyl (C=O) groups excluding carboxylic acids is 1. The van der Waals surface area contributed by atoms with Crippen LogP contribution in [0.25, 0.3) is 0 Å². The van der Waals surface area contributed by atoms with Crippen LogP contribution in [0.1, 0.15) is 47.1 Å². The monoisotopic (exact) mass is 340 g/mol. The quantitative estimate of drug-likeness (QED) is 0.910. The van der Waals surface area contributed by atoms with Crippen LogP contribution in [0.5, 0.6) is 0 Å². The van der Waals surface area contributed by atoms with Crippen molar-refractivity contribution in [2.75, 3.05) is 19.6 Å². The molecule has 3 rings (SSSR count). The van der Waals surface area contributed by atoms with E-state index in [9.17, 15) is 4.79 Å². The second-order valence-electron chi connectivity index (χ2n) is 6.97. The molecule has 2 aromatic rings. The molecule has 1 N–H and O–H groups in total. The number of piperidine rings is 1. The molecular weight excluding hydrogens is 312 g/mol. The fourth-order valence-electron chi connectivity index (χ4n) is 3.48. The van der Waals surface area contributed by atoms with Gasteiger partial charge >= 0.3 is 0 Å². The van der Waals surface area contributed by atoms with E-state index in [1.54, 1.807) is 0 Å². The predicted molar refractivity (Wildman–Crippen MR) is 99.8 cm³/mol. The average Bonchev–Trinajstić information content (AvgIpc) is 2.93. The van der Waals surface area contributed by atoms with E-state index in [0.717, 1.165) is 55.0 Å². The third-order valence-electron chi connectivity index (χ3n) is 4.99. The van der Waals surface area contributed by atoms with Gasteiger partial charge in [-0.05, 0) is 57.0 Å². The van der Waals surface area contributed by atoms with Crippen LogP contribution in [0, 0.1) is 13.8 Å². The van der Waals surface area contributed by atoms with Gasteiger partial charge in [0.1, 0.15) is 0 Å². The molecule has 0 radical (unpaired) electrons. The predicted octanol–water partition coefficient (Wildman–Crippen LogP) is 2.76. The van der Waals surface area contributed by atoms with Crippen molar-refractivity contribution in [1.82, 2.24) is 20.0 Å². The second-order valence-corrected chi connectivity index (χ2v) is 6.97. The van der Waals surface area contributed by atoms with Crippen molar-refractivity contribution in [2.45, 2.75) is 46.2 Å². The minimum atomic E-state index is 0.0326. The Labute approximate surface area is 150 Å². The van der Waals surface area contributed by atoms with Crippen molar-refractivity contribution in [3.8, 4) is 0 Å². The minimum absolute atomic E-state index is 0.0326. The molecule has 0 unspecified atom stereocenters. The highest BCUT2D eigenvalue weighted by Crippen LogP contribution is 2.13. The Morgan fingerprint density at radius 1 is 1.24 bits per heavy atom. The molecule has 0 atom stereocenters. The van der Waals surface area contributed by atoms with E-state index >= 15 is 0 Å². The highest BCUT2D eigenvalue weighted by atomic mass is 16.1. The number of hydrogen-bond acceptors (Lipinski definition) is 3. The molecule has 1 aliphatic heterocycles. The number of aromatic nitrogens is 2. The zero-order chi connectivity index (χ0) is 17.8. The first-order valence-corrected chi connectivity index (χ1v) is 9.18. The molecule has 0 spiro atoms. The lowest BCUT2D eigenvalue weighted by atomic mass is 10.0. The Morgan fingerprint density at radius 2 is 2.00 bits per heavy atom. The fraction of sp³-hybridized carbons (Fsp3) is 0.500. The van der Waals surface area contributed by atoms with E-state index in [2.05, 4.69) is 35.2 Å². The summed E-state index contributed by atoms with van der Waals surface area (Å²) in [5.41, 5.74) is 3.98. The van der Waals surface area contributed by atoms with Crippen molar-refractivity contribution in [3.63, 3.8) is 0 Å². The molecule has 0 bridgehead atoms. The molecule has 134 valence electrons. The van der Waals surface area contributed by atoms with Gasteiger partial charge in [0.15, 0.2) is 0 Å². The molecule has 1 aromatic carbocycles. The van der Waals surface area contributed by atoms with E-state index in [4.69, 9.17) is 0 Å². The molecule has 1 aromatic heterocycles. The number of benzene rings is 1. The Balaban J connectivity index is 1.63. The zero-order valence-electron chi connectivity index (χ0n) is 15.5. The lowest BCUT2D eigenvalue weighted by Crippen LogP contribution is -2.44. The Hall–Kier alpha value is -2.14. The highest BCUT2D eigenvalue weighted by Gasteiger charge is 2.20. The zero-order valence-corrected chi connectivity index (χ0v) is 15.5. The van der Waals surface area contributed by atoms with E-state index in [1.807, 2.05) is 35.9 Å². The Morgan fingerprint density at radius 3 is 2.64 bits per heavy atom. The number of aryl methyl sites for hydroxylation is 2. The van der Waals surface area contributed by atoms with Gasteiger partial charge in [-0.1, -0.05) is 19.1 Å². The number of rotatable bonds is 5. The van der Waals surface area contributed by atoms with Crippen LogP contribution in [0.3, 0.4) is 0 Å². The minimum Gasteiger partial charge on any atom is -0.349 e. The van der Waals surface area contributed by atoms with Gasteiger partial charge in [-0.3, -0.25) is 9.48 Å². The molecule has 5 nitrogen and oxygen atoms in total. The van der Waals surface area contributed by atoms with E-state index in [0.29, 0.717) is 6.54 Å². The molecule has 0 aliphatic carbocycles. The largest absolute Gasteiger partial charge is 0.349 e. The Bertz CT molecular complexity index is 729. The molecule has 0 saturated carbocycles. The second kappa shape index (κ2) is 7.83. The van der Waals surface area contributed by atoms with Crippen molar-refractivity contribution >= 4 is 5.91 Å². The summed E-state index contributed by atoms with van der Waals surface area (Å²) in [7, 11) is 0. The summed E-state index contributed by atoms with van der Waals surface area (Å²) in [5, 5.41) is 7.70. The summed E-state index contributed by atoms with van der Waals surface area (Å²) >= 11 is 0. The van der Waals surface area contributed by atoms with Crippen LogP contribution < -0.4 is 5.32 Å². The van der Waals surface area contributed by atoms with Gasteiger partial charge in [-0.25, -0.2) is 0 Å². The Kier molecular flexibility index (Phi) is 5.53. The van der Waals surface area contributed by atoms with Gasteiger partial charge < -0.3 is 10.2 Å². The maximum Gasteiger partial charge on any atom is 0.251 e. The topological polar surface area (TPSA) is 50.2 Å².